The maximum Gasteiger partial charge on any atom is 0.236 e. The average Bonchev–Trinajstić information content (AvgIpc) is 3.15. The number of carbonyl (C=O) groups is 1. The number of hydrogen-bond acceptors (Lipinski definition) is 4. The summed E-state index contributed by atoms with van der Waals surface area (Å²) in [6.07, 6.45) is 2.63. The average molecular weight is 423 g/mol. The van der Waals surface area contributed by atoms with Crippen molar-refractivity contribution in [2.75, 3.05) is 6.54 Å². The van der Waals surface area contributed by atoms with Crippen molar-refractivity contribution in [1.82, 2.24) is 19.7 Å². The molecule has 0 fully saturated rings. The quantitative estimate of drug-likeness (QED) is 0.438. The molecule has 4 rings (SSSR count). The summed E-state index contributed by atoms with van der Waals surface area (Å²) in [6.45, 7) is 7.58. The second-order valence-electron chi connectivity index (χ2n) is 7.25. The Morgan fingerprint density at radius 1 is 1.20 bits per heavy atom. The molecule has 3 aromatic rings. The van der Waals surface area contributed by atoms with Gasteiger partial charge in [-0.2, -0.15) is 0 Å². The molecule has 1 aliphatic heterocycles. The van der Waals surface area contributed by atoms with Gasteiger partial charge >= 0.3 is 0 Å². The van der Waals surface area contributed by atoms with Gasteiger partial charge in [0.05, 0.1) is 5.25 Å². The third kappa shape index (κ3) is 4.16. The summed E-state index contributed by atoms with van der Waals surface area (Å²) in [5, 5.41) is 8.93. The molecule has 0 bridgehead atoms. The van der Waals surface area contributed by atoms with Gasteiger partial charge in [-0.3, -0.25) is 9.36 Å². The standard InChI is InChI=1S/C23H23FN4OS/c1-3-13-28-21(18-8-10-20(24)11-9-18)25-26-23(28)30-16(2)22(29)27-14-12-17-6-4-5-7-19(17)15-27/h3-11,16H,1,12-15H2,2H3/t16-/m1/s1. The molecule has 2 aromatic carbocycles. The number of nitrogens with zero attached hydrogens (tertiary/aromatic N) is 4. The second kappa shape index (κ2) is 8.83. The van der Waals surface area contributed by atoms with Crippen LogP contribution in [0.5, 0.6) is 0 Å². The third-order valence-electron chi connectivity index (χ3n) is 5.20. The van der Waals surface area contributed by atoms with E-state index in [1.807, 2.05) is 28.5 Å². The van der Waals surface area contributed by atoms with Crippen LogP contribution < -0.4 is 0 Å². The molecule has 2 heterocycles. The molecule has 0 aliphatic carbocycles. The molecular formula is C23H23FN4OS. The van der Waals surface area contributed by atoms with E-state index in [9.17, 15) is 9.18 Å². The molecule has 1 aliphatic rings. The van der Waals surface area contributed by atoms with Crippen LogP contribution in [-0.2, 0) is 24.3 Å². The van der Waals surface area contributed by atoms with Crippen LogP contribution in [0.4, 0.5) is 4.39 Å². The number of hydrogen-bond donors (Lipinski definition) is 0. The lowest BCUT2D eigenvalue weighted by molar-refractivity contribution is -0.131. The largest absolute Gasteiger partial charge is 0.337 e. The Hall–Kier alpha value is -2.93. The van der Waals surface area contributed by atoms with Gasteiger partial charge in [0.2, 0.25) is 5.91 Å². The van der Waals surface area contributed by atoms with Crippen molar-refractivity contribution < 1.29 is 9.18 Å². The fourth-order valence-corrected chi connectivity index (χ4v) is 4.57. The van der Waals surface area contributed by atoms with Crippen LogP contribution in [0.1, 0.15) is 18.1 Å². The molecule has 5 nitrogen and oxygen atoms in total. The van der Waals surface area contributed by atoms with Crippen molar-refractivity contribution in [3.8, 4) is 11.4 Å². The Morgan fingerprint density at radius 3 is 2.67 bits per heavy atom. The Balaban J connectivity index is 1.51. The van der Waals surface area contributed by atoms with Crippen LogP contribution in [0, 0.1) is 5.82 Å². The molecule has 0 saturated heterocycles. The van der Waals surface area contributed by atoms with Crippen LogP contribution >= 0.6 is 11.8 Å². The fourth-order valence-electron chi connectivity index (χ4n) is 3.63. The molecule has 0 saturated carbocycles. The highest BCUT2D eigenvalue weighted by Gasteiger charge is 2.27. The minimum atomic E-state index is -0.302. The first-order valence-electron chi connectivity index (χ1n) is 9.89. The number of benzene rings is 2. The van der Waals surface area contributed by atoms with E-state index in [4.69, 9.17) is 0 Å². The zero-order valence-corrected chi connectivity index (χ0v) is 17.6. The number of rotatable bonds is 6. The van der Waals surface area contributed by atoms with Crippen LogP contribution in [0.3, 0.4) is 0 Å². The Morgan fingerprint density at radius 2 is 1.93 bits per heavy atom. The zero-order valence-electron chi connectivity index (χ0n) is 16.8. The van der Waals surface area contributed by atoms with E-state index in [2.05, 4.69) is 28.9 Å². The molecule has 1 atom stereocenters. The monoisotopic (exact) mass is 422 g/mol. The van der Waals surface area contributed by atoms with Crippen molar-refractivity contribution >= 4 is 17.7 Å². The summed E-state index contributed by atoms with van der Waals surface area (Å²) >= 11 is 1.39. The number of thioether (sulfide) groups is 1. The molecule has 1 aromatic heterocycles. The maximum atomic E-state index is 13.3. The molecule has 0 radical (unpaired) electrons. The molecule has 7 heteroatoms. The first-order valence-corrected chi connectivity index (χ1v) is 10.8. The van der Waals surface area contributed by atoms with Gasteiger partial charge in [-0.1, -0.05) is 42.1 Å². The molecule has 0 spiro atoms. The van der Waals surface area contributed by atoms with E-state index in [1.54, 1.807) is 18.2 Å². The first kappa shape index (κ1) is 20.3. The van der Waals surface area contributed by atoms with Gasteiger partial charge in [0.15, 0.2) is 11.0 Å². The van der Waals surface area contributed by atoms with E-state index in [-0.39, 0.29) is 17.0 Å². The smallest absolute Gasteiger partial charge is 0.236 e. The number of aromatic nitrogens is 3. The van der Waals surface area contributed by atoms with E-state index in [1.165, 1.54) is 35.0 Å². The minimum absolute atomic E-state index is 0.0889. The summed E-state index contributed by atoms with van der Waals surface area (Å²) in [7, 11) is 0. The Labute approximate surface area is 179 Å². The lowest BCUT2D eigenvalue weighted by Crippen LogP contribution is -2.40. The van der Waals surface area contributed by atoms with Crippen LogP contribution in [-0.4, -0.2) is 37.4 Å². The molecule has 30 heavy (non-hydrogen) atoms. The van der Waals surface area contributed by atoms with Crippen LogP contribution in [0.25, 0.3) is 11.4 Å². The van der Waals surface area contributed by atoms with Gasteiger partial charge in [-0.05, 0) is 48.7 Å². The lowest BCUT2D eigenvalue weighted by Gasteiger charge is -2.30. The highest BCUT2D eigenvalue weighted by molar-refractivity contribution is 8.00. The summed E-state index contributed by atoms with van der Waals surface area (Å²) in [4.78, 5) is 15.0. The summed E-state index contributed by atoms with van der Waals surface area (Å²) < 4.78 is 15.2. The third-order valence-corrected chi connectivity index (χ3v) is 6.27. The number of allylic oxidation sites excluding steroid dienone is 1. The van der Waals surface area contributed by atoms with Crippen molar-refractivity contribution in [2.24, 2.45) is 0 Å². The van der Waals surface area contributed by atoms with Gasteiger partial charge in [0.25, 0.3) is 0 Å². The summed E-state index contributed by atoms with van der Waals surface area (Å²) in [5.74, 6) is 0.417. The Bertz CT molecular complexity index is 1060. The van der Waals surface area contributed by atoms with Crippen LogP contribution in [0.2, 0.25) is 0 Å². The van der Waals surface area contributed by atoms with Crippen LogP contribution in [0.15, 0.2) is 66.3 Å². The second-order valence-corrected chi connectivity index (χ2v) is 8.56. The number of amides is 1. The van der Waals surface area contributed by atoms with E-state index < -0.39 is 0 Å². The number of halogens is 1. The summed E-state index contributed by atoms with van der Waals surface area (Å²) in [6, 6.07) is 14.4. The molecule has 0 unspecified atom stereocenters. The number of carbonyl (C=O) groups excluding carboxylic acids is 1. The van der Waals surface area contributed by atoms with Crippen molar-refractivity contribution in [2.45, 2.75) is 36.8 Å². The number of fused-ring (bicyclic) bond motifs is 1. The summed E-state index contributed by atoms with van der Waals surface area (Å²) in [5.41, 5.74) is 3.29. The normalized spacial score (nSPS) is 14.3. The predicted octanol–water partition coefficient (Wildman–Crippen LogP) is 4.34. The van der Waals surface area contributed by atoms with Crippen molar-refractivity contribution in [1.29, 1.82) is 0 Å². The molecular weight excluding hydrogens is 399 g/mol. The Kier molecular flexibility index (Phi) is 5.99. The van der Waals surface area contributed by atoms with E-state index in [0.717, 1.165) is 18.5 Å². The fraction of sp³-hybridized carbons (Fsp3) is 0.261. The van der Waals surface area contributed by atoms with Crippen molar-refractivity contribution in [3.05, 3.63) is 78.1 Å². The van der Waals surface area contributed by atoms with Gasteiger partial charge in [0, 0.05) is 25.2 Å². The van der Waals surface area contributed by atoms with E-state index in [0.29, 0.717) is 24.1 Å². The maximum absolute atomic E-state index is 13.3. The SMILES string of the molecule is C=CCn1c(S[C@H](C)C(=O)N2CCc3ccccc3C2)nnc1-c1ccc(F)cc1. The minimum Gasteiger partial charge on any atom is -0.337 e. The van der Waals surface area contributed by atoms with E-state index >= 15 is 0 Å². The lowest BCUT2D eigenvalue weighted by atomic mass is 10.00. The van der Waals surface area contributed by atoms with Gasteiger partial charge in [-0.15, -0.1) is 16.8 Å². The first-order chi connectivity index (χ1) is 14.6. The molecule has 154 valence electrons. The zero-order chi connectivity index (χ0) is 21.1. The molecule has 1 amide bonds. The molecule has 0 N–H and O–H groups in total. The highest BCUT2D eigenvalue weighted by atomic mass is 32.2. The van der Waals surface area contributed by atoms with Gasteiger partial charge in [-0.25, -0.2) is 4.39 Å². The topological polar surface area (TPSA) is 51.0 Å². The highest BCUT2D eigenvalue weighted by Crippen LogP contribution is 2.29. The predicted molar refractivity (Wildman–Crippen MR) is 116 cm³/mol. The van der Waals surface area contributed by atoms with Gasteiger partial charge < -0.3 is 4.90 Å². The van der Waals surface area contributed by atoms with Crippen molar-refractivity contribution in [3.63, 3.8) is 0 Å². The van der Waals surface area contributed by atoms with Gasteiger partial charge in [0.1, 0.15) is 5.82 Å².